The number of hydroxylamine groups is 2. The average molecular weight is 105 g/mol. The van der Waals surface area contributed by atoms with Gasteiger partial charge in [0.2, 0.25) is 0 Å². The maximum atomic E-state index is 9.94. The van der Waals surface area contributed by atoms with Gasteiger partial charge in [0.15, 0.2) is 0 Å². The second-order valence-electron chi connectivity index (χ2n) is 1.04. The lowest BCUT2D eigenvalue weighted by Crippen LogP contribution is -2.21. The zero-order valence-corrected chi connectivity index (χ0v) is 3.96. The van der Waals surface area contributed by atoms with Crippen LogP contribution in [-0.2, 0) is 4.79 Å². The Morgan fingerprint density at radius 3 is 2.14 bits per heavy atom. The average Bonchev–Trinajstić information content (AvgIpc) is 1.65. The lowest BCUT2D eigenvalue weighted by molar-refractivity contribution is -0.284. The minimum Gasteiger partial charge on any atom is -0.270 e. The molecule has 0 aromatic rings. The lowest BCUT2D eigenvalue weighted by atomic mass is 10.5. The molecular weight excluding hydrogens is 98.0 g/mol. The Morgan fingerprint density at radius 1 is 1.71 bits per heavy atom. The van der Waals surface area contributed by atoms with Crippen LogP contribution in [0.15, 0.2) is 0 Å². The molecule has 42 valence electrons. The molecule has 0 aliphatic rings. The Labute approximate surface area is 40.9 Å². The number of hydrogen-bond donors (Lipinski definition) is 2. The molecule has 7 heavy (non-hydrogen) atoms. The second-order valence-corrected chi connectivity index (χ2v) is 1.04. The largest absolute Gasteiger partial charge is 0.272 e. The van der Waals surface area contributed by atoms with Gasteiger partial charge >= 0.3 is 0 Å². The van der Waals surface area contributed by atoms with E-state index in [1.54, 1.807) is 0 Å². The second kappa shape index (κ2) is 2.54. The Balaban J connectivity index is 3.35. The molecule has 0 fully saturated rings. The summed E-state index contributed by atoms with van der Waals surface area (Å²) in [6.45, 7) is 1.53. The Bertz CT molecular complexity index is 70.6. The molecule has 0 aromatic heterocycles. The number of carbonyl (C=O) groups is 1. The maximum absolute atomic E-state index is 9.94. The molecule has 0 saturated heterocycles. The summed E-state index contributed by atoms with van der Waals surface area (Å²) in [5, 5.41) is 15.3. The molecule has 0 spiro atoms. The maximum Gasteiger partial charge on any atom is 0.272 e. The molecule has 4 heteroatoms. The number of hydrogen-bond acceptors (Lipinski definition) is 3. The third-order valence-electron chi connectivity index (χ3n) is 0.526. The minimum absolute atomic E-state index is 0.104. The van der Waals surface area contributed by atoms with Crippen LogP contribution in [0.25, 0.3) is 0 Å². The molecule has 0 bridgehead atoms. The van der Waals surface area contributed by atoms with Gasteiger partial charge in [-0.25, -0.2) is 0 Å². The fourth-order valence-corrected chi connectivity index (χ4v) is 0.141. The minimum atomic E-state index is -0.708. The van der Waals surface area contributed by atoms with Crippen LogP contribution in [-0.4, -0.2) is 21.5 Å². The molecule has 0 atom stereocenters. The van der Waals surface area contributed by atoms with E-state index < -0.39 is 11.1 Å². The van der Waals surface area contributed by atoms with E-state index in [0.717, 1.165) is 0 Å². The van der Waals surface area contributed by atoms with Crippen LogP contribution in [0.3, 0.4) is 0 Å². The first-order valence-electron chi connectivity index (χ1n) is 1.89. The molecule has 0 aliphatic carbocycles. The zero-order valence-electron chi connectivity index (χ0n) is 3.96. The van der Waals surface area contributed by atoms with Crippen molar-refractivity contribution in [2.75, 3.05) is 0 Å². The molecule has 0 rings (SSSR count). The van der Waals surface area contributed by atoms with Crippen molar-refractivity contribution in [3.63, 3.8) is 0 Å². The first-order valence-corrected chi connectivity index (χ1v) is 1.89. The van der Waals surface area contributed by atoms with Crippen LogP contribution in [0.4, 0.5) is 0 Å². The van der Waals surface area contributed by atoms with E-state index in [1.165, 1.54) is 6.92 Å². The summed E-state index contributed by atoms with van der Waals surface area (Å²) < 4.78 is 0. The van der Waals surface area contributed by atoms with Crippen LogP contribution in [0.1, 0.15) is 13.3 Å². The topological polar surface area (TPSA) is 60.8 Å². The molecule has 0 unspecified atom stereocenters. The summed E-state index contributed by atoms with van der Waals surface area (Å²) in [5.41, 5.74) is 0. The van der Waals surface area contributed by atoms with Gasteiger partial charge in [-0.3, -0.25) is 15.2 Å². The lowest BCUT2D eigenvalue weighted by Gasteiger charge is -2.00. The van der Waals surface area contributed by atoms with E-state index in [4.69, 9.17) is 10.4 Å². The third kappa shape index (κ3) is 2.13. The highest BCUT2D eigenvalue weighted by atomic mass is 16.8. The van der Waals surface area contributed by atoms with Gasteiger partial charge in [0.25, 0.3) is 5.91 Å². The van der Waals surface area contributed by atoms with Crippen LogP contribution < -0.4 is 0 Å². The van der Waals surface area contributed by atoms with Gasteiger partial charge in [-0.15, -0.1) is 0 Å². The van der Waals surface area contributed by atoms with E-state index in [2.05, 4.69) is 0 Å². The SMILES string of the molecule is CCC(=O)N(O)O. The molecule has 0 aliphatic heterocycles. The fourth-order valence-electron chi connectivity index (χ4n) is 0.141. The highest BCUT2D eigenvalue weighted by molar-refractivity contribution is 5.73. The molecule has 0 radical (unpaired) electrons. The van der Waals surface area contributed by atoms with Crippen molar-refractivity contribution in [1.82, 2.24) is 5.23 Å². The molecule has 0 heterocycles. The van der Waals surface area contributed by atoms with Crippen molar-refractivity contribution in [3.8, 4) is 0 Å². The molecular formula is C3H7NO3. The van der Waals surface area contributed by atoms with Crippen molar-refractivity contribution < 1.29 is 15.2 Å². The van der Waals surface area contributed by atoms with Crippen LogP contribution in [0.2, 0.25) is 0 Å². The number of nitrogens with zero attached hydrogens (tertiary/aromatic N) is 1. The molecule has 0 saturated carbocycles. The van der Waals surface area contributed by atoms with Crippen molar-refractivity contribution in [2.45, 2.75) is 13.3 Å². The standard InChI is InChI=1S/C3H7NO3/c1-2-3(5)4(6)7/h6-7H,2H2,1H3. The van der Waals surface area contributed by atoms with Gasteiger partial charge in [0.05, 0.1) is 0 Å². The van der Waals surface area contributed by atoms with Crippen LogP contribution in [0.5, 0.6) is 0 Å². The Hall–Kier alpha value is -0.610. The van der Waals surface area contributed by atoms with Crippen molar-refractivity contribution in [3.05, 3.63) is 0 Å². The van der Waals surface area contributed by atoms with E-state index >= 15 is 0 Å². The summed E-state index contributed by atoms with van der Waals surface area (Å²) in [4.78, 5) is 9.94. The van der Waals surface area contributed by atoms with E-state index in [0.29, 0.717) is 0 Å². The van der Waals surface area contributed by atoms with E-state index in [-0.39, 0.29) is 6.42 Å². The van der Waals surface area contributed by atoms with Crippen molar-refractivity contribution in [1.29, 1.82) is 0 Å². The van der Waals surface area contributed by atoms with E-state index in [1.807, 2.05) is 0 Å². The molecule has 1 amide bonds. The number of amides is 1. The number of carbonyl (C=O) groups excluding carboxylic acids is 1. The monoisotopic (exact) mass is 105 g/mol. The van der Waals surface area contributed by atoms with E-state index in [9.17, 15) is 4.79 Å². The van der Waals surface area contributed by atoms with Gasteiger partial charge in [-0.05, 0) is 0 Å². The quantitative estimate of drug-likeness (QED) is 0.364. The van der Waals surface area contributed by atoms with Crippen LogP contribution >= 0.6 is 0 Å². The molecule has 4 nitrogen and oxygen atoms in total. The summed E-state index contributed by atoms with van der Waals surface area (Å²) >= 11 is 0. The summed E-state index contributed by atoms with van der Waals surface area (Å²) in [5.74, 6) is -0.708. The Kier molecular flexibility index (Phi) is 2.32. The number of rotatable bonds is 1. The third-order valence-corrected chi connectivity index (χ3v) is 0.526. The van der Waals surface area contributed by atoms with Crippen molar-refractivity contribution >= 4 is 5.91 Å². The summed E-state index contributed by atoms with van der Waals surface area (Å²) in [6.07, 6.45) is 0.104. The first-order chi connectivity index (χ1) is 3.18. The molecule has 0 aromatic carbocycles. The highest BCUT2D eigenvalue weighted by Gasteiger charge is 2.00. The predicted octanol–water partition coefficient (Wildman–Crippen LogP) is 0.00340. The van der Waals surface area contributed by atoms with Crippen LogP contribution in [0, 0.1) is 0 Å². The van der Waals surface area contributed by atoms with Gasteiger partial charge in [0.1, 0.15) is 0 Å². The highest BCUT2D eigenvalue weighted by Crippen LogP contribution is 1.80. The fraction of sp³-hybridized carbons (Fsp3) is 0.667. The van der Waals surface area contributed by atoms with Crippen molar-refractivity contribution in [2.24, 2.45) is 0 Å². The first kappa shape index (κ1) is 6.39. The van der Waals surface area contributed by atoms with Gasteiger partial charge in [-0.2, -0.15) is 0 Å². The normalized spacial score (nSPS) is 8.43. The van der Waals surface area contributed by atoms with Gasteiger partial charge < -0.3 is 0 Å². The Morgan fingerprint density at radius 2 is 2.14 bits per heavy atom. The smallest absolute Gasteiger partial charge is 0.270 e. The summed E-state index contributed by atoms with van der Waals surface area (Å²) in [7, 11) is 0. The molecule has 2 N–H and O–H groups in total. The predicted molar refractivity (Wildman–Crippen MR) is 20.7 cm³/mol. The van der Waals surface area contributed by atoms with Gasteiger partial charge in [-0.1, -0.05) is 12.2 Å². The van der Waals surface area contributed by atoms with Gasteiger partial charge in [0, 0.05) is 6.42 Å². The zero-order chi connectivity index (χ0) is 5.86. The summed E-state index contributed by atoms with van der Waals surface area (Å²) in [6, 6.07) is 0.